The number of nitrogens with one attached hydrogen (secondary N) is 1. The van der Waals surface area contributed by atoms with E-state index >= 15 is 0 Å². The maximum Gasteiger partial charge on any atom is 0.331 e. The Hall–Kier alpha value is -2.59. The lowest BCUT2D eigenvalue weighted by molar-refractivity contribution is -0.144. The molecule has 124 valence electrons. The van der Waals surface area contributed by atoms with E-state index in [1.165, 1.54) is 6.08 Å². The van der Waals surface area contributed by atoms with Gasteiger partial charge < -0.3 is 10.1 Å². The highest BCUT2D eigenvalue weighted by Crippen LogP contribution is 2.11. The predicted molar refractivity (Wildman–Crippen MR) is 94.4 cm³/mol. The Labute approximate surface area is 146 Å². The standard InChI is InChI=1S/C19H18ClNO3/c1-14(16-5-3-2-4-6-16)21-18(22)13-24-19(23)12-9-15-7-10-17(20)11-8-15/h2-12,14H,13H2,1H3,(H,21,22)/b12-9+/t14-/m0/s1. The van der Waals surface area contributed by atoms with Crippen molar-refractivity contribution in [3.8, 4) is 0 Å². The first-order valence-corrected chi connectivity index (χ1v) is 7.87. The highest BCUT2D eigenvalue weighted by atomic mass is 35.5. The number of amides is 1. The van der Waals surface area contributed by atoms with Crippen LogP contribution in [0.5, 0.6) is 0 Å². The zero-order chi connectivity index (χ0) is 17.4. The van der Waals surface area contributed by atoms with E-state index in [1.54, 1.807) is 30.3 Å². The van der Waals surface area contributed by atoms with Gasteiger partial charge in [-0.1, -0.05) is 54.1 Å². The van der Waals surface area contributed by atoms with E-state index in [2.05, 4.69) is 5.32 Å². The number of carbonyl (C=O) groups is 2. The Morgan fingerprint density at radius 2 is 1.79 bits per heavy atom. The average molecular weight is 344 g/mol. The fourth-order valence-corrected chi connectivity index (χ4v) is 2.16. The van der Waals surface area contributed by atoms with Crippen LogP contribution in [0.25, 0.3) is 6.08 Å². The first-order chi connectivity index (χ1) is 11.5. The molecule has 4 nitrogen and oxygen atoms in total. The Bertz CT molecular complexity index is 711. The summed E-state index contributed by atoms with van der Waals surface area (Å²) in [6.45, 7) is 1.55. The van der Waals surface area contributed by atoms with Crippen LogP contribution in [0.2, 0.25) is 5.02 Å². The van der Waals surface area contributed by atoms with E-state index < -0.39 is 5.97 Å². The van der Waals surface area contributed by atoms with Crippen LogP contribution in [-0.2, 0) is 14.3 Å². The van der Waals surface area contributed by atoms with E-state index in [-0.39, 0.29) is 18.6 Å². The fourth-order valence-electron chi connectivity index (χ4n) is 2.03. The van der Waals surface area contributed by atoms with Gasteiger partial charge in [-0.15, -0.1) is 0 Å². The van der Waals surface area contributed by atoms with E-state index in [0.717, 1.165) is 11.1 Å². The topological polar surface area (TPSA) is 55.4 Å². The van der Waals surface area contributed by atoms with Gasteiger partial charge in [0.1, 0.15) is 0 Å². The third-order valence-electron chi connectivity index (χ3n) is 3.30. The molecule has 0 aliphatic heterocycles. The molecule has 0 unspecified atom stereocenters. The minimum Gasteiger partial charge on any atom is -0.452 e. The van der Waals surface area contributed by atoms with Crippen molar-refractivity contribution in [1.82, 2.24) is 5.32 Å². The number of esters is 1. The Morgan fingerprint density at radius 1 is 1.12 bits per heavy atom. The summed E-state index contributed by atoms with van der Waals surface area (Å²) >= 11 is 5.78. The van der Waals surface area contributed by atoms with Gasteiger partial charge >= 0.3 is 5.97 Å². The maximum atomic E-state index is 11.8. The van der Waals surface area contributed by atoms with Gasteiger partial charge in [0.2, 0.25) is 0 Å². The first kappa shape index (κ1) is 17.8. The number of carbonyl (C=O) groups excluding carboxylic acids is 2. The predicted octanol–water partition coefficient (Wildman–Crippen LogP) is 3.77. The largest absolute Gasteiger partial charge is 0.452 e. The van der Waals surface area contributed by atoms with Crippen molar-refractivity contribution >= 4 is 29.6 Å². The zero-order valence-electron chi connectivity index (χ0n) is 13.2. The molecule has 0 spiro atoms. The number of benzene rings is 2. The Kier molecular flexibility index (Phi) is 6.58. The summed E-state index contributed by atoms with van der Waals surface area (Å²) in [4.78, 5) is 23.4. The van der Waals surface area contributed by atoms with Crippen LogP contribution in [0.15, 0.2) is 60.7 Å². The van der Waals surface area contributed by atoms with Crippen molar-refractivity contribution in [1.29, 1.82) is 0 Å². The fraction of sp³-hybridized carbons (Fsp3) is 0.158. The third kappa shape index (κ3) is 5.89. The molecule has 0 fully saturated rings. The summed E-state index contributed by atoms with van der Waals surface area (Å²) in [7, 11) is 0. The summed E-state index contributed by atoms with van der Waals surface area (Å²) in [6, 6.07) is 16.4. The molecule has 0 aromatic heterocycles. The minimum atomic E-state index is -0.576. The lowest BCUT2D eigenvalue weighted by Gasteiger charge is -2.13. The van der Waals surface area contributed by atoms with Gasteiger partial charge in [0.05, 0.1) is 6.04 Å². The van der Waals surface area contributed by atoms with E-state index in [1.807, 2.05) is 37.3 Å². The van der Waals surface area contributed by atoms with Crippen molar-refractivity contribution in [3.05, 3.63) is 76.8 Å². The lowest BCUT2D eigenvalue weighted by atomic mass is 10.1. The second-order valence-electron chi connectivity index (χ2n) is 5.19. The molecule has 1 atom stereocenters. The van der Waals surface area contributed by atoms with Gasteiger partial charge in [-0.25, -0.2) is 4.79 Å². The van der Waals surface area contributed by atoms with Crippen molar-refractivity contribution in [3.63, 3.8) is 0 Å². The quantitative estimate of drug-likeness (QED) is 0.641. The SMILES string of the molecule is C[C@H](NC(=O)COC(=O)/C=C/c1ccc(Cl)cc1)c1ccccc1. The Balaban J connectivity index is 1.76. The van der Waals surface area contributed by atoms with Gasteiger partial charge in [-0.05, 0) is 36.3 Å². The van der Waals surface area contributed by atoms with Crippen LogP contribution < -0.4 is 5.32 Å². The molecule has 0 aliphatic carbocycles. The highest BCUT2D eigenvalue weighted by Gasteiger charge is 2.10. The van der Waals surface area contributed by atoms with Crippen LogP contribution in [0.1, 0.15) is 24.1 Å². The molecule has 0 saturated carbocycles. The van der Waals surface area contributed by atoms with E-state index in [4.69, 9.17) is 16.3 Å². The van der Waals surface area contributed by atoms with Gasteiger partial charge in [-0.2, -0.15) is 0 Å². The summed E-state index contributed by atoms with van der Waals surface area (Å²) in [5, 5.41) is 3.40. The zero-order valence-corrected chi connectivity index (χ0v) is 14.0. The summed E-state index contributed by atoms with van der Waals surface area (Å²) in [6.07, 6.45) is 2.88. The van der Waals surface area contributed by atoms with Crippen molar-refractivity contribution in [2.24, 2.45) is 0 Å². The summed E-state index contributed by atoms with van der Waals surface area (Å²) < 4.78 is 4.92. The monoisotopic (exact) mass is 343 g/mol. The molecule has 0 saturated heterocycles. The van der Waals surface area contributed by atoms with Crippen molar-refractivity contribution in [2.75, 3.05) is 6.61 Å². The maximum absolute atomic E-state index is 11.8. The van der Waals surface area contributed by atoms with Gasteiger partial charge in [0.25, 0.3) is 5.91 Å². The Morgan fingerprint density at radius 3 is 2.46 bits per heavy atom. The summed E-state index contributed by atoms with van der Waals surface area (Å²) in [5.41, 5.74) is 1.80. The van der Waals surface area contributed by atoms with Crippen molar-refractivity contribution < 1.29 is 14.3 Å². The van der Waals surface area contributed by atoms with Gasteiger partial charge in [0.15, 0.2) is 6.61 Å². The molecule has 0 radical (unpaired) electrons. The molecule has 0 bridgehead atoms. The average Bonchev–Trinajstić information content (AvgIpc) is 2.60. The molecule has 0 aliphatic rings. The van der Waals surface area contributed by atoms with Gasteiger partial charge in [-0.3, -0.25) is 4.79 Å². The first-order valence-electron chi connectivity index (χ1n) is 7.49. The molecule has 1 N–H and O–H groups in total. The highest BCUT2D eigenvalue weighted by molar-refractivity contribution is 6.30. The lowest BCUT2D eigenvalue weighted by Crippen LogP contribution is -2.30. The molecule has 5 heteroatoms. The molecule has 2 rings (SSSR count). The van der Waals surface area contributed by atoms with Gasteiger partial charge in [0, 0.05) is 11.1 Å². The number of hydrogen-bond acceptors (Lipinski definition) is 3. The van der Waals surface area contributed by atoms with Crippen molar-refractivity contribution in [2.45, 2.75) is 13.0 Å². The second-order valence-corrected chi connectivity index (χ2v) is 5.63. The smallest absolute Gasteiger partial charge is 0.331 e. The number of rotatable bonds is 6. The number of ether oxygens (including phenoxy) is 1. The number of halogens is 1. The molecule has 2 aromatic carbocycles. The van der Waals surface area contributed by atoms with E-state index in [0.29, 0.717) is 5.02 Å². The molecule has 24 heavy (non-hydrogen) atoms. The molecule has 0 heterocycles. The van der Waals surface area contributed by atoms with Crippen LogP contribution in [-0.4, -0.2) is 18.5 Å². The molecular formula is C19H18ClNO3. The molecule has 1 amide bonds. The minimum absolute atomic E-state index is 0.151. The van der Waals surface area contributed by atoms with Crippen LogP contribution in [0, 0.1) is 0 Å². The number of hydrogen-bond donors (Lipinski definition) is 1. The van der Waals surface area contributed by atoms with Crippen LogP contribution >= 0.6 is 11.6 Å². The molecular weight excluding hydrogens is 326 g/mol. The summed E-state index contributed by atoms with van der Waals surface area (Å²) in [5.74, 6) is -0.924. The third-order valence-corrected chi connectivity index (χ3v) is 3.56. The second kappa shape index (κ2) is 8.89. The van der Waals surface area contributed by atoms with Crippen LogP contribution in [0.4, 0.5) is 0 Å². The van der Waals surface area contributed by atoms with Crippen LogP contribution in [0.3, 0.4) is 0 Å². The normalized spacial score (nSPS) is 11.9. The molecule has 2 aromatic rings. The van der Waals surface area contributed by atoms with E-state index in [9.17, 15) is 9.59 Å².